The maximum atomic E-state index is 12.9. The highest BCUT2D eigenvalue weighted by molar-refractivity contribution is 5.76. The van der Waals surface area contributed by atoms with Gasteiger partial charge in [-0.3, -0.25) is 14.2 Å². The maximum absolute atomic E-state index is 12.9. The normalized spacial score (nSPS) is 15.4. The second-order valence-corrected chi connectivity index (χ2v) is 6.33. The summed E-state index contributed by atoms with van der Waals surface area (Å²) in [4.78, 5) is 37.6. The molecule has 1 saturated carbocycles. The van der Waals surface area contributed by atoms with Gasteiger partial charge in [0.25, 0.3) is 5.56 Å². The van der Waals surface area contributed by atoms with E-state index in [2.05, 4.69) is 0 Å². The van der Waals surface area contributed by atoms with E-state index in [9.17, 15) is 27.6 Å². The molecule has 0 radical (unpaired) electrons. The molecule has 2 rings (SSSR count). The number of aryl methyl sites for hydroxylation is 1. The van der Waals surface area contributed by atoms with Gasteiger partial charge in [0.15, 0.2) is 0 Å². The minimum Gasteiger partial charge on any atom is -0.329 e. The standard InChI is InChI=1S/C16H19F3N4O3/c1-3-21-7-12(6-20)14(25)22(15(21)26)8-13(24)23(9-16(17,18)19)10(2)11-4-5-11/h7,10-11H,3-5,8-9H2,1-2H3/t10-/m0/s1. The zero-order chi connectivity index (χ0) is 19.6. The van der Waals surface area contributed by atoms with Gasteiger partial charge in [0, 0.05) is 18.8 Å². The van der Waals surface area contributed by atoms with E-state index >= 15 is 0 Å². The molecule has 0 saturated heterocycles. The van der Waals surface area contributed by atoms with E-state index in [1.54, 1.807) is 13.0 Å². The van der Waals surface area contributed by atoms with Crippen molar-refractivity contribution >= 4 is 5.91 Å². The average molecular weight is 372 g/mol. The smallest absolute Gasteiger partial charge is 0.329 e. The van der Waals surface area contributed by atoms with Gasteiger partial charge in [-0.05, 0) is 32.6 Å². The third-order valence-corrected chi connectivity index (χ3v) is 4.46. The molecule has 26 heavy (non-hydrogen) atoms. The SMILES string of the molecule is CCn1cc(C#N)c(=O)n(CC(=O)N(CC(F)(F)F)[C@@H](C)C2CC2)c1=O. The van der Waals surface area contributed by atoms with Crippen LogP contribution >= 0.6 is 0 Å². The fourth-order valence-electron chi connectivity index (χ4n) is 2.81. The fourth-order valence-corrected chi connectivity index (χ4v) is 2.81. The number of hydrogen-bond acceptors (Lipinski definition) is 4. The number of carbonyl (C=O) groups excluding carboxylic acids is 1. The van der Waals surface area contributed by atoms with Crippen molar-refractivity contribution in [3.05, 3.63) is 32.6 Å². The Bertz CT molecular complexity index is 846. The van der Waals surface area contributed by atoms with Gasteiger partial charge in [0.05, 0.1) is 0 Å². The highest BCUT2D eigenvalue weighted by Gasteiger charge is 2.40. The topological polar surface area (TPSA) is 88.1 Å². The first kappa shape index (κ1) is 19.8. The predicted molar refractivity (Wildman–Crippen MR) is 85.3 cm³/mol. The van der Waals surface area contributed by atoms with Crippen LogP contribution < -0.4 is 11.2 Å². The molecule has 1 heterocycles. The zero-order valence-corrected chi connectivity index (χ0v) is 14.4. The minimum atomic E-state index is -4.60. The maximum Gasteiger partial charge on any atom is 0.406 e. The van der Waals surface area contributed by atoms with Gasteiger partial charge in [-0.2, -0.15) is 18.4 Å². The Hall–Kier alpha value is -2.57. The summed E-state index contributed by atoms with van der Waals surface area (Å²) in [6.45, 7) is 0.996. The highest BCUT2D eigenvalue weighted by atomic mass is 19.4. The summed E-state index contributed by atoms with van der Waals surface area (Å²) in [5.74, 6) is -0.991. The van der Waals surface area contributed by atoms with Crippen LogP contribution in [0.5, 0.6) is 0 Å². The van der Waals surface area contributed by atoms with Crippen LogP contribution in [0.25, 0.3) is 0 Å². The number of rotatable bonds is 6. The van der Waals surface area contributed by atoms with Gasteiger partial charge in [0.2, 0.25) is 5.91 Å². The number of nitriles is 1. The van der Waals surface area contributed by atoms with Crippen molar-refractivity contribution in [3.63, 3.8) is 0 Å². The third kappa shape index (κ3) is 4.33. The molecule has 10 heteroatoms. The lowest BCUT2D eigenvalue weighted by atomic mass is 10.1. The molecule has 0 spiro atoms. The zero-order valence-electron chi connectivity index (χ0n) is 14.4. The number of alkyl halides is 3. The Morgan fingerprint density at radius 3 is 2.50 bits per heavy atom. The van der Waals surface area contributed by atoms with Gasteiger partial charge in [0.1, 0.15) is 24.7 Å². The average Bonchev–Trinajstić information content (AvgIpc) is 3.40. The Kier molecular flexibility index (Phi) is 5.59. The van der Waals surface area contributed by atoms with Gasteiger partial charge in [-0.25, -0.2) is 9.36 Å². The van der Waals surface area contributed by atoms with E-state index in [0.29, 0.717) is 9.47 Å². The van der Waals surface area contributed by atoms with Crippen molar-refractivity contribution in [1.82, 2.24) is 14.0 Å². The number of halogens is 3. The molecule has 0 bridgehead atoms. The predicted octanol–water partition coefficient (Wildman–Crippen LogP) is 1.09. The molecule has 0 aliphatic heterocycles. The minimum absolute atomic E-state index is 0.0178. The van der Waals surface area contributed by atoms with Crippen LogP contribution in [0.4, 0.5) is 13.2 Å². The van der Waals surface area contributed by atoms with Crippen molar-refractivity contribution in [1.29, 1.82) is 5.26 Å². The summed E-state index contributed by atoms with van der Waals surface area (Å²) in [6, 6.07) is 0.985. The first-order chi connectivity index (χ1) is 12.1. The molecule has 0 aromatic carbocycles. The van der Waals surface area contributed by atoms with E-state index in [4.69, 9.17) is 5.26 Å². The van der Waals surface area contributed by atoms with Crippen LogP contribution in [0, 0.1) is 17.2 Å². The number of aromatic nitrogens is 2. The number of nitrogens with zero attached hydrogens (tertiary/aromatic N) is 4. The van der Waals surface area contributed by atoms with Crippen LogP contribution in [0.15, 0.2) is 15.8 Å². The third-order valence-electron chi connectivity index (χ3n) is 4.46. The van der Waals surface area contributed by atoms with E-state index < -0.39 is 42.5 Å². The number of hydrogen-bond donors (Lipinski definition) is 0. The summed E-state index contributed by atoms with van der Waals surface area (Å²) in [5, 5.41) is 9.00. The summed E-state index contributed by atoms with van der Waals surface area (Å²) >= 11 is 0. The van der Waals surface area contributed by atoms with Gasteiger partial charge < -0.3 is 4.90 Å². The molecule has 1 aromatic rings. The summed E-state index contributed by atoms with van der Waals surface area (Å²) in [5.41, 5.74) is -2.17. The van der Waals surface area contributed by atoms with Crippen LogP contribution in [0.3, 0.4) is 0 Å². The van der Waals surface area contributed by atoms with Crippen LogP contribution in [-0.4, -0.2) is 38.7 Å². The lowest BCUT2D eigenvalue weighted by Gasteiger charge is -2.30. The molecule has 1 aliphatic carbocycles. The largest absolute Gasteiger partial charge is 0.406 e. The second kappa shape index (κ2) is 7.35. The molecule has 142 valence electrons. The first-order valence-electron chi connectivity index (χ1n) is 8.19. The van der Waals surface area contributed by atoms with Crippen molar-refractivity contribution in [2.75, 3.05) is 6.54 Å². The quantitative estimate of drug-likeness (QED) is 0.748. The Balaban J connectivity index is 2.38. The summed E-state index contributed by atoms with van der Waals surface area (Å²) in [7, 11) is 0. The molecule has 0 N–H and O–H groups in total. The van der Waals surface area contributed by atoms with Crippen molar-refractivity contribution < 1.29 is 18.0 Å². The molecule has 1 atom stereocenters. The Labute approximate surface area is 147 Å². The molecule has 1 aliphatic rings. The second-order valence-electron chi connectivity index (χ2n) is 6.33. The molecule has 1 aromatic heterocycles. The number of amides is 1. The summed E-state index contributed by atoms with van der Waals surface area (Å²) < 4.78 is 40.2. The van der Waals surface area contributed by atoms with Crippen LogP contribution in [-0.2, 0) is 17.9 Å². The van der Waals surface area contributed by atoms with E-state index in [1.807, 2.05) is 0 Å². The summed E-state index contributed by atoms with van der Waals surface area (Å²) in [6.07, 6.45) is -2.06. The monoisotopic (exact) mass is 372 g/mol. The Morgan fingerprint density at radius 2 is 2.04 bits per heavy atom. The van der Waals surface area contributed by atoms with Crippen molar-refractivity contribution in [2.45, 2.75) is 52.0 Å². The molecular formula is C16H19F3N4O3. The first-order valence-corrected chi connectivity index (χ1v) is 8.19. The van der Waals surface area contributed by atoms with Gasteiger partial charge >= 0.3 is 11.9 Å². The molecule has 0 unspecified atom stereocenters. The van der Waals surface area contributed by atoms with Crippen molar-refractivity contribution in [3.8, 4) is 6.07 Å². The van der Waals surface area contributed by atoms with E-state index in [-0.39, 0.29) is 18.0 Å². The molecule has 7 nitrogen and oxygen atoms in total. The molecule has 1 fully saturated rings. The molecular weight excluding hydrogens is 353 g/mol. The lowest BCUT2D eigenvalue weighted by molar-refractivity contribution is -0.166. The fraction of sp³-hybridized carbons (Fsp3) is 0.625. The van der Waals surface area contributed by atoms with Crippen molar-refractivity contribution in [2.24, 2.45) is 5.92 Å². The van der Waals surface area contributed by atoms with Gasteiger partial charge in [-0.15, -0.1) is 0 Å². The lowest BCUT2D eigenvalue weighted by Crippen LogP contribution is -2.50. The van der Waals surface area contributed by atoms with Crippen LogP contribution in [0.2, 0.25) is 0 Å². The van der Waals surface area contributed by atoms with Crippen LogP contribution in [0.1, 0.15) is 32.3 Å². The number of carbonyl (C=O) groups is 1. The molecule has 1 amide bonds. The van der Waals surface area contributed by atoms with Gasteiger partial charge in [-0.1, -0.05) is 0 Å². The Morgan fingerprint density at radius 1 is 1.42 bits per heavy atom. The van der Waals surface area contributed by atoms with E-state index in [0.717, 1.165) is 23.6 Å². The highest BCUT2D eigenvalue weighted by Crippen LogP contribution is 2.36. The van der Waals surface area contributed by atoms with E-state index in [1.165, 1.54) is 6.92 Å².